The van der Waals surface area contributed by atoms with Crippen LogP contribution in [-0.2, 0) is 0 Å². The van der Waals surface area contributed by atoms with Gasteiger partial charge in [-0.25, -0.2) is 13.2 Å². The number of hydrogen-bond donors (Lipinski definition) is 0. The molecule has 0 N–H and O–H groups in total. The predicted molar refractivity (Wildman–Crippen MR) is 138 cm³/mol. The lowest BCUT2D eigenvalue weighted by Crippen LogP contribution is -2.43. The zero-order valence-electron chi connectivity index (χ0n) is 20.0. The molecular weight excluding hydrogens is 503 g/mol. The van der Waals surface area contributed by atoms with Gasteiger partial charge >= 0.3 is 0 Å². The van der Waals surface area contributed by atoms with Crippen molar-refractivity contribution in [2.45, 2.75) is 70.6 Å². The van der Waals surface area contributed by atoms with Crippen molar-refractivity contribution in [3.63, 3.8) is 0 Å². The smallest absolute Gasteiger partial charge is 0.145 e. The number of halogens is 4. The standard InChI is InChI=1S/C27H31BrF3NSi/c1-17(2)33(18(3)4,19(5)6)11-7-8-27(23-14-22(29)9-10-25(23)30)32-15-20-12-21(28)13-26(31)24(20)16-32/h9-10,12-19,27H,8H2,1-6H3. The molecule has 3 aromatic rings. The summed E-state index contributed by atoms with van der Waals surface area (Å²) in [6.07, 6.45) is 3.74. The number of hydrogen-bond acceptors (Lipinski definition) is 0. The van der Waals surface area contributed by atoms with Gasteiger partial charge in [-0.1, -0.05) is 57.5 Å². The molecule has 3 rings (SSSR count). The van der Waals surface area contributed by atoms with Gasteiger partial charge in [-0.05, 0) is 47.0 Å². The van der Waals surface area contributed by atoms with E-state index in [1.54, 1.807) is 17.0 Å². The predicted octanol–water partition coefficient (Wildman–Crippen LogP) is 9.02. The second-order valence-corrected chi connectivity index (χ2v) is 16.2. The van der Waals surface area contributed by atoms with Gasteiger partial charge < -0.3 is 4.57 Å². The Morgan fingerprint density at radius 3 is 2.12 bits per heavy atom. The van der Waals surface area contributed by atoms with Crippen LogP contribution in [0.4, 0.5) is 13.2 Å². The molecule has 0 radical (unpaired) electrons. The van der Waals surface area contributed by atoms with E-state index in [0.717, 1.165) is 12.1 Å². The van der Waals surface area contributed by atoms with Gasteiger partial charge in [0, 0.05) is 39.6 Å². The summed E-state index contributed by atoms with van der Waals surface area (Å²) in [4.78, 5) is 0. The zero-order valence-corrected chi connectivity index (χ0v) is 22.6. The van der Waals surface area contributed by atoms with Gasteiger partial charge in [-0.3, -0.25) is 0 Å². The summed E-state index contributed by atoms with van der Waals surface area (Å²) in [5.74, 6) is 2.01. The quantitative estimate of drug-likeness (QED) is 0.220. The highest BCUT2D eigenvalue weighted by Gasteiger charge is 2.41. The van der Waals surface area contributed by atoms with Crippen molar-refractivity contribution >= 4 is 34.8 Å². The van der Waals surface area contributed by atoms with Gasteiger partial charge in [-0.2, -0.15) is 0 Å². The van der Waals surface area contributed by atoms with Crippen LogP contribution in [0.2, 0.25) is 16.6 Å². The molecular formula is C27H31BrF3NSi. The number of fused-ring (bicyclic) bond motifs is 1. The monoisotopic (exact) mass is 533 g/mol. The largest absolute Gasteiger partial charge is 0.344 e. The molecule has 0 saturated heterocycles. The summed E-state index contributed by atoms with van der Waals surface area (Å²) in [6, 6.07) is 6.11. The van der Waals surface area contributed by atoms with Crippen molar-refractivity contribution in [2.24, 2.45) is 0 Å². The SMILES string of the molecule is CC(C)[Si](C#CCC(c1cc(F)ccc1F)n1cc2cc(Br)cc(F)c2c1)(C(C)C)C(C)C. The Bertz CT molecular complexity index is 1180. The van der Waals surface area contributed by atoms with Gasteiger partial charge in [-0.15, -0.1) is 11.5 Å². The summed E-state index contributed by atoms with van der Waals surface area (Å²) < 4.78 is 45.9. The van der Waals surface area contributed by atoms with E-state index >= 15 is 0 Å². The van der Waals surface area contributed by atoms with Crippen molar-refractivity contribution in [2.75, 3.05) is 0 Å². The fraction of sp³-hybridized carbons (Fsp3) is 0.407. The second kappa shape index (κ2) is 10.1. The molecule has 0 amide bonds. The molecule has 2 aromatic carbocycles. The van der Waals surface area contributed by atoms with Crippen LogP contribution in [0.3, 0.4) is 0 Å². The third-order valence-electron chi connectivity index (χ3n) is 6.84. The maximum Gasteiger partial charge on any atom is 0.145 e. The molecule has 0 aliphatic rings. The maximum absolute atomic E-state index is 14.8. The average molecular weight is 535 g/mol. The van der Waals surface area contributed by atoms with Crippen molar-refractivity contribution in [1.29, 1.82) is 0 Å². The lowest BCUT2D eigenvalue weighted by atomic mass is 10.0. The molecule has 1 aromatic heterocycles. The number of aromatic nitrogens is 1. The van der Waals surface area contributed by atoms with Crippen molar-refractivity contribution in [1.82, 2.24) is 4.57 Å². The van der Waals surface area contributed by atoms with E-state index in [1.165, 1.54) is 12.1 Å². The molecule has 176 valence electrons. The topological polar surface area (TPSA) is 4.93 Å². The molecule has 33 heavy (non-hydrogen) atoms. The van der Waals surface area contributed by atoms with Crippen molar-refractivity contribution in [3.05, 3.63) is 70.2 Å². The third kappa shape index (κ3) is 5.10. The molecule has 1 nitrogen and oxygen atoms in total. The van der Waals surface area contributed by atoms with Crippen LogP contribution in [0.5, 0.6) is 0 Å². The zero-order chi connectivity index (χ0) is 24.5. The van der Waals surface area contributed by atoms with E-state index in [-0.39, 0.29) is 11.4 Å². The molecule has 0 aliphatic heterocycles. The highest BCUT2D eigenvalue weighted by molar-refractivity contribution is 9.10. The minimum Gasteiger partial charge on any atom is -0.344 e. The van der Waals surface area contributed by atoms with Crippen molar-refractivity contribution in [3.8, 4) is 11.5 Å². The highest BCUT2D eigenvalue weighted by atomic mass is 79.9. The van der Waals surface area contributed by atoms with Crippen LogP contribution in [0.15, 0.2) is 47.2 Å². The number of rotatable bonds is 6. The molecule has 1 atom stereocenters. The summed E-state index contributed by atoms with van der Waals surface area (Å²) in [7, 11) is -1.97. The van der Waals surface area contributed by atoms with Crippen LogP contribution in [0.25, 0.3) is 10.8 Å². The van der Waals surface area contributed by atoms with Gasteiger partial charge in [0.15, 0.2) is 0 Å². The van der Waals surface area contributed by atoms with Gasteiger partial charge in [0.05, 0.1) is 6.04 Å². The molecule has 0 fully saturated rings. The molecule has 0 saturated carbocycles. The van der Waals surface area contributed by atoms with Gasteiger partial charge in [0.25, 0.3) is 0 Å². The van der Waals surface area contributed by atoms with Gasteiger partial charge in [0.1, 0.15) is 25.5 Å². The molecule has 0 spiro atoms. The van der Waals surface area contributed by atoms with Crippen LogP contribution in [-0.4, -0.2) is 12.6 Å². The van der Waals surface area contributed by atoms with Crippen LogP contribution in [0, 0.1) is 28.9 Å². The number of benzene rings is 2. The Kier molecular flexibility index (Phi) is 7.86. The van der Waals surface area contributed by atoms with Crippen LogP contribution < -0.4 is 0 Å². The Balaban J connectivity index is 2.13. The third-order valence-corrected chi connectivity index (χ3v) is 13.6. The van der Waals surface area contributed by atoms with Crippen LogP contribution in [0.1, 0.15) is 59.6 Å². The normalized spacial score (nSPS) is 13.1. The van der Waals surface area contributed by atoms with E-state index < -0.39 is 25.8 Å². The molecule has 6 heteroatoms. The number of nitrogens with zero attached hydrogens (tertiary/aromatic N) is 1. The first kappa shape index (κ1) is 25.6. The van der Waals surface area contributed by atoms with Crippen molar-refractivity contribution < 1.29 is 13.2 Å². The van der Waals surface area contributed by atoms with E-state index in [4.69, 9.17) is 0 Å². The van der Waals surface area contributed by atoms with Crippen LogP contribution >= 0.6 is 15.9 Å². The lowest BCUT2D eigenvalue weighted by molar-refractivity contribution is 0.528. The Labute approximate surface area is 204 Å². The fourth-order valence-electron chi connectivity index (χ4n) is 5.25. The average Bonchev–Trinajstić information content (AvgIpc) is 3.13. The minimum absolute atomic E-state index is 0.218. The molecule has 0 bridgehead atoms. The van der Waals surface area contributed by atoms with E-state index in [1.807, 2.05) is 6.07 Å². The second-order valence-electron chi connectivity index (χ2n) is 9.68. The fourth-order valence-corrected chi connectivity index (χ4v) is 11.0. The molecule has 0 aliphatic carbocycles. The summed E-state index contributed by atoms with van der Waals surface area (Å²) in [5, 5.41) is 1.12. The summed E-state index contributed by atoms with van der Waals surface area (Å²) >= 11 is 3.32. The molecule has 1 heterocycles. The lowest BCUT2D eigenvalue weighted by Gasteiger charge is -2.38. The highest BCUT2D eigenvalue weighted by Crippen LogP contribution is 2.41. The van der Waals surface area contributed by atoms with E-state index in [9.17, 15) is 13.2 Å². The first-order valence-electron chi connectivity index (χ1n) is 11.4. The summed E-state index contributed by atoms with van der Waals surface area (Å²) in [5.41, 5.74) is 5.29. The van der Waals surface area contributed by atoms with E-state index in [2.05, 4.69) is 68.9 Å². The first-order valence-corrected chi connectivity index (χ1v) is 14.4. The van der Waals surface area contributed by atoms with E-state index in [0.29, 0.717) is 38.3 Å². The Morgan fingerprint density at radius 1 is 0.879 bits per heavy atom. The molecule has 1 unspecified atom stereocenters. The first-order chi connectivity index (χ1) is 15.5. The Morgan fingerprint density at radius 2 is 1.52 bits per heavy atom. The Hall–Kier alpha value is -1.97. The van der Waals surface area contributed by atoms with Gasteiger partial charge in [0.2, 0.25) is 0 Å². The minimum atomic E-state index is -1.97. The summed E-state index contributed by atoms with van der Waals surface area (Å²) in [6.45, 7) is 13.4. The maximum atomic E-state index is 14.8.